The van der Waals surface area contributed by atoms with E-state index in [-0.39, 0.29) is 11.8 Å². The van der Waals surface area contributed by atoms with Crippen LogP contribution in [0.15, 0.2) is 63.2 Å². The molecule has 1 atom stereocenters. The second-order valence-electron chi connectivity index (χ2n) is 8.64. The molecule has 8 nitrogen and oxygen atoms in total. The van der Waals surface area contributed by atoms with Crippen molar-refractivity contribution >= 4 is 37.3 Å². The average Bonchev–Trinajstić information content (AvgIpc) is 2.86. The molecular weight excluding hydrogens is 551 g/mol. The molecule has 2 aromatic carbocycles. The topological polar surface area (TPSA) is 116 Å². The Kier molecular flexibility index (Phi) is 9.91. The van der Waals surface area contributed by atoms with Gasteiger partial charge in [0.25, 0.3) is 9.84 Å². The highest BCUT2D eigenvalue weighted by atomic mass is 32.2. The van der Waals surface area contributed by atoms with Crippen molar-refractivity contribution in [3.8, 4) is 0 Å². The van der Waals surface area contributed by atoms with Crippen molar-refractivity contribution in [1.82, 2.24) is 9.62 Å². The first-order valence-corrected chi connectivity index (χ1v) is 15.5. The van der Waals surface area contributed by atoms with Crippen LogP contribution in [0.4, 0.5) is 18.9 Å². The minimum Gasteiger partial charge on any atom is -0.393 e. The zero-order valence-corrected chi connectivity index (χ0v) is 22.6. The van der Waals surface area contributed by atoms with Gasteiger partial charge < -0.3 is 15.3 Å². The fourth-order valence-corrected chi connectivity index (χ4v) is 6.64. The predicted octanol–water partition coefficient (Wildman–Crippen LogP) is 3.31. The Morgan fingerprint density at radius 1 is 1.08 bits per heavy atom. The molecule has 1 aliphatic rings. The number of anilines is 1. The maximum absolute atomic E-state index is 13.5. The molecule has 1 heterocycles. The van der Waals surface area contributed by atoms with E-state index < -0.39 is 41.2 Å². The monoisotopic (exact) mass is 581 g/mol. The van der Waals surface area contributed by atoms with Crippen LogP contribution >= 0.6 is 11.8 Å². The summed E-state index contributed by atoms with van der Waals surface area (Å²) in [4.78, 5) is 1.34. The number of likely N-dealkylation sites (tertiary alicyclic amines) is 1. The van der Waals surface area contributed by atoms with Gasteiger partial charge in [-0.05, 0) is 56.6 Å². The number of halogens is 3. The quantitative estimate of drug-likeness (QED) is 0.347. The van der Waals surface area contributed by atoms with Crippen LogP contribution in [0.3, 0.4) is 0 Å². The summed E-state index contributed by atoms with van der Waals surface area (Å²) in [5.74, 6) is 0.419. The van der Waals surface area contributed by atoms with Gasteiger partial charge in [-0.3, -0.25) is 0 Å². The van der Waals surface area contributed by atoms with E-state index >= 15 is 0 Å². The predicted molar refractivity (Wildman–Crippen MR) is 137 cm³/mol. The number of piperidine rings is 1. The molecule has 1 aliphatic heterocycles. The largest absolute Gasteiger partial charge is 0.501 e. The standard InChI is InChI=1S/C23H30F3N3O5S3/c1-27-37(33,34)20-7-8-21(22(15-20)36(31,32)23(24,25)26)28-17(16-35-19-5-3-2-4-6-19)9-12-29-13-10-18(30)11-14-29/h2-8,15,17-18,27-28,30H,9-14,16H2,1H3/t17-/m1/s1. The summed E-state index contributed by atoms with van der Waals surface area (Å²) >= 11 is 1.47. The Morgan fingerprint density at radius 3 is 2.32 bits per heavy atom. The lowest BCUT2D eigenvalue weighted by atomic mass is 10.1. The first-order valence-electron chi connectivity index (χ1n) is 11.6. The maximum atomic E-state index is 13.5. The fourth-order valence-electron chi connectivity index (χ4n) is 3.87. The lowest BCUT2D eigenvalue weighted by Crippen LogP contribution is -2.38. The fraction of sp³-hybridized carbons (Fsp3) is 0.478. The van der Waals surface area contributed by atoms with Crippen LogP contribution in [-0.2, 0) is 19.9 Å². The van der Waals surface area contributed by atoms with E-state index in [4.69, 9.17) is 0 Å². The summed E-state index contributed by atoms with van der Waals surface area (Å²) in [6.07, 6.45) is 1.40. The third kappa shape index (κ3) is 7.83. The van der Waals surface area contributed by atoms with E-state index in [1.54, 1.807) is 0 Å². The van der Waals surface area contributed by atoms with Gasteiger partial charge in [0.05, 0.1) is 16.7 Å². The molecule has 0 radical (unpaired) electrons. The van der Waals surface area contributed by atoms with Gasteiger partial charge in [0.1, 0.15) is 4.90 Å². The van der Waals surface area contributed by atoms with Crippen LogP contribution in [0.1, 0.15) is 19.3 Å². The molecule has 37 heavy (non-hydrogen) atoms. The number of benzene rings is 2. The summed E-state index contributed by atoms with van der Waals surface area (Å²) in [5.41, 5.74) is -5.94. The van der Waals surface area contributed by atoms with Gasteiger partial charge in [0.15, 0.2) is 0 Å². The number of hydrogen-bond donors (Lipinski definition) is 3. The smallest absolute Gasteiger partial charge is 0.393 e. The molecule has 0 bridgehead atoms. The van der Waals surface area contributed by atoms with Crippen molar-refractivity contribution in [2.45, 2.75) is 51.6 Å². The Morgan fingerprint density at radius 2 is 1.73 bits per heavy atom. The van der Waals surface area contributed by atoms with Gasteiger partial charge in [-0.1, -0.05) is 18.2 Å². The highest BCUT2D eigenvalue weighted by molar-refractivity contribution is 7.99. The Bertz CT molecular complexity index is 1250. The van der Waals surface area contributed by atoms with Crippen LogP contribution in [-0.4, -0.2) is 76.9 Å². The summed E-state index contributed by atoms with van der Waals surface area (Å²) in [6.45, 7) is 1.96. The van der Waals surface area contributed by atoms with Crippen LogP contribution in [0.5, 0.6) is 0 Å². The molecular formula is C23H30F3N3O5S3. The van der Waals surface area contributed by atoms with Crippen LogP contribution in [0.25, 0.3) is 0 Å². The van der Waals surface area contributed by atoms with Crippen LogP contribution in [0.2, 0.25) is 0 Å². The lowest BCUT2D eigenvalue weighted by Gasteiger charge is -2.31. The molecule has 3 rings (SSSR count). The lowest BCUT2D eigenvalue weighted by molar-refractivity contribution is -0.0435. The first kappa shape index (κ1) is 29.7. The van der Waals surface area contributed by atoms with Gasteiger partial charge >= 0.3 is 5.51 Å². The molecule has 2 aromatic rings. The number of alkyl halides is 3. The van der Waals surface area contributed by atoms with Crippen molar-refractivity contribution < 1.29 is 35.1 Å². The number of aliphatic hydroxyl groups is 1. The molecule has 0 unspecified atom stereocenters. The highest BCUT2D eigenvalue weighted by Crippen LogP contribution is 2.36. The van der Waals surface area contributed by atoms with Crippen molar-refractivity contribution in [1.29, 1.82) is 0 Å². The molecule has 0 aliphatic carbocycles. The van der Waals surface area contributed by atoms with Gasteiger partial charge in [-0.15, -0.1) is 11.8 Å². The van der Waals surface area contributed by atoms with E-state index in [1.165, 1.54) is 11.8 Å². The minimum atomic E-state index is -5.85. The van der Waals surface area contributed by atoms with Gasteiger partial charge in [-0.2, -0.15) is 13.2 Å². The highest BCUT2D eigenvalue weighted by Gasteiger charge is 2.48. The second kappa shape index (κ2) is 12.3. The zero-order chi connectivity index (χ0) is 27.3. The molecule has 0 saturated carbocycles. The second-order valence-corrected chi connectivity index (χ2v) is 13.5. The summed E-state index contributed by atoms with van der Waals surface area (Å²) in [7, 11) is -8.96. The van der Waals surface area contributed by atoms with Crippen molar-refractivity contribution in [3.05, 3.63) is 48.5 Å². The average molecular weight is 582 g/mol. The number of thioether (sulfide) groups is 1. The number of sulfone groups is 1. The molecule has 206 valence electrons. The molecule has 0 amide bonds. The van der Waals surface area contributed by atoms with Crippen molar-refractivity contribution in [2.75, 3.05) is 37.8 Å². The Hall–Kier alpha value is -1.84. The number of hydrogen-bond acceptors (Lipinski definition) is 8. The van der Waals surface area contributed by atoms with Gasteiger partial charge in [0.2, 0.25) is 10.0 Å². The molecule has 1 fully saturated rings. The first-order chi connectivity index (χ1) is 17.3. The maximum Gasteiger partial charge on any atom is 0.501 e. The van der Waals surface area contributed by atoms with Gasteiger partial charge in [0, 0.05) is 36.3 Å². The third-order valence-electron chi connectivity index (χ3n) is 6.03. The van der Waals surface area contributed by atoms with E-state index in [9.17, 15) is 35.1 Å². The summed E-state index contributed by atoms with van der Waals surface area (Å²) < 4.78 is 91.8. The molecule has 0 aromatic heterocycles. The third-order valence-corrected chi connectivity index (χ3v) is 10.1. The molecule has 3 N–H and O–H groups in total. The SMILES string of the molecule is CNS(=O)(=O)c1ccc(N[C@H](CCN2CCC(O)CC2)CSc2ccccc2)c(S(=O)(=O)C(F)(F)F)c1. The number of nitrogens with zero attached hydrogens (tertiary/aromatic N) is 1. The molecule has 14 heteroatoms. The van der Waals surface area contributed by atoms with Gasteiger partial charge in [-0.25, -0.2) is 21.6 Å². The van der Waals surface area contributed by atoms with E-state index in [2.05, 4.69) is 10.2 Å². The van der Waals surface area contributed by atoms with E-state index in [0.717, 1.165) is 24.1 Å². The summed E-state index contributed by atoms with van der Waals surface area (Å²) in [5, 5.41) is 12.7. The minimum absolute atomic E-state index is 0.319. The molecule has 0 spiro atoms. The number of nitrogens with one attached hydrogen (secondary N) is 2. The number of rotatable bonds is 11. The number of sulfonamides is 1. The van der Waals surface area contributed by atoms with E-state index in [0.29, 0.717) is 50.7 Å². The normalized spacial score (nSPS) is 17.0. The van der Waals surface area contributed by atoms with E-state index in [1.807, 2.05) is 35.1 Å². The Balaban J connectivity index is 1.91. The van der Waals surface area contributed by atoms with Crippen molar-refractivity contribution in [3.63, 3.8) is 0 Å². The molecule has 1 saturated heterocycles. The van der Waals surface area contributed by atoms with Crippen molar-refractivity contribution in [2.24, 2.45) is 0 Å². The summed E-state index contributed by atoms with van der Waals surface area (Å²) in [6, 6.07) is 11.6. The van der Waals surface area contributed by atoms with Crippen LogP contribution in [0, 0.1) is 0 Å². The zero-order valence-electron chi connectivity index (χ0n) is 20.1. The Labute approximate surface area is 219 Å². The number of aliphatic hydroxyl groups excluding tert-OH is 1. The van der Waals surface area contributed by atoms with Crippen LogP contribution < -0.4 is 10.0 Å².